The summed E-state index contributed by atoms with van der Waals surface area (Å²) < 4.78 is 0. The zero-order valence-electron chi connectivity index (χ0n) is 17.2. The fraction of sp³-hybridized carbons (Fsp3) is 0.478. The minimum absolute atomic E-state index is 0.0752. The van der Waals surface area contributed by atoms with Crippen LogP contribution in [0.25, 0.3) is 10.8 Å². The number of nitrogens with one attached hydrogen (secondary N) is 2. The molecule has 0 radical (unpaired) electrons. The summed E-state index contributed by atoms with van der Waals surface area (Å²) in [6.45, 7) is 2.18. The maximum atomic E-state index is 12.9. The van der Waals surface area contributed by atoms with E-state index in [0.29, 0.717) is 6.04 Å². The van der Waals surface area contributed by atoms with Crippen LogP contribution in [0.1, 0.15) is 39.0 Å². The van der Waals surface area contributed by atoms with Crippen LogP contribution in [0, 0.1) is 0 Å². The van der Waals surface area contributed by atoms with E-state index in [2.05, 4.69) is 5.32 Å². The maximum absolute atomic E-state index is 12.9. The SMILES string of the molecule is C[C@@H](C(=O)N(C)C1CCCCC1)[NH+](C)CC(=O)Nc1cccc2ccccc12. The fourth-order valence-electron chi connectivity index (χ4n) is 4.10. The van der Waals surface area contributed by atoms with Crippen LogP contribution in [0.4, 0.5) is 5.69 Å². The molecule has 28 heavy (non-hydrogen) atoms. The molecule has 2 aromatic rings. The molecule has 2 aromatic carbocycles. The minimum atomic E-state index is -0.245. The van der Waals surface area contributed by atoms with Gasteiger partial charge in [0.1, 0.15) is 0 Å². The zero-order chi connectivity index (χ0) is 20.1. The Morgan fingerprint density at radius 2 is 1.79 bits per heavy atom. The van der Waals surface area contributed by atoms with Crippen LogP contribution in [0.5, 0.6) is 0 Å². The van der Waals surface area contributed by atoms with Gasteiger partial charge in [0.05, 0.1) is 7.05 Å². The molecule has 0 aliphatic heterocycles. The van der Waals surface area contributed by atoms with E-state index in [1.807, 2.05) is 68.4 Å². The molecule has 5 nitrogen and oxygen atoms in total. The predicted molar refractivity (Wildman–Crippen MR) is 113 cm³/mol. The van der Waals surface area contributed by atoms with Gasteiger partial charge in [-0.05, 0) is 31.2 Å². The van der Waals surface area contributed by atoms with E-state index >= 15 is 0 Å². The average molecular weight is 383 g/mol. The van der Waals surface area contributed by atoms with Crippen molar-refractivity contribution in [3.63, 3.8) is 0 Å². The second-order valence-corrected chi connectivity index (χ2v) is 8.06. The summed E-state index contributed by atoms with van der Waals surface area (Å²) in [6.07, 6.45) is 5.86. The summed E-state index contributed by atoms with van der Waals surface area (Å²) in [6, 6.07) is 14.0. The highest BCUT2D eigenvalue weighted by atomic mass is 16.2. The first-order chi connectivity index (χ1) is 13.5. The van der Waals surface area contributed by atoms with Gasteiger partial charge in [0, 0.05) is 24.2 Å². The van der Waals surface area contributed by atoms with Gasteiger partial charge in [0.15, 0.2) is 12.6 Å². The molecule has 1 aliphatic rings. The second kappa shape index (κ2) is 9.20. The molecule has 2 N–H and O–H groups in total. The normalized spacial score (nSPS) is 17.1. The topological polar surface area (TPSA) is 53.9 Å². The maximum Gasteiger partial charge on any atom is 0.280 e. The van der Waals surface area contributed by atoms with Crippen LogP contribution in [0.3, 0.4) is 0 Å². The highest BCUT2D eigenvalue weighted by molar-refractivity contribution is 6.02. The lowest BCUT2D eigenvalue weighted by molar-refractivity contribution is -0.886. The Labute approximate surface area is 167 Å². The first-order valence-corrected chi connectivity index (χ1v) is 10.3. The van der Waals surface area contributed by atoms with E-state index in [1.54, 1.807) is 0 Å². The number of likely N-dealkylation sites (N-methyl/N-ethyl adjacent to an activating group) is 2. The lowest BCUT2D eigenvalue weighted by Crippen LogP contribution is -3.15. The average Bonchev–Trinajstić information content (AvgIpc) is 2.73. The molecule has 0 saturated heterocycles. The van der Waals surface area contributed by atoms with Gasteiger partial charge < -0.3 is 15.1 Å². The monoisotopic (exact) mass is 382 g/mol. The molecular formula is C23H32N3O2+. The quantitative estimate of drug-likeness (QED) is 0.806. The van der Waals surface area contributed by atoms with Gasteiger partial charge in [-0.3, -0.25) is 9.59 Å². The number of hydrogen-bond acceptors (Lipinski definition) is 2. The van der Waals surface area contributed by atoms with Gasteiger partial charge in [-0.1, -0.05) is 55.7 Å². The van der Waals surface area contributed by atoms with Crippen LogP contribution >= 0.6 is 0 Å². The Hall–Kier alpha value is -2.40. The van der Waals surface area contributed by atoms with Crippen LogP contribution in [-0.2, 0) is 9.59 Å². The summed E-state index contributed by atoms with van der Waals surface area (Å²) in [5.74, 6) is 0.0520. The second-order valence-electron chi connectivity index (χ2n) is 8.06. The molecule has 0 spiro atoms. The zero-order valence-corrected chi connectivity index (χ0v) is 17.2. The number of amides is 2. The molecule has 1 aliphatic carbocycles. The van der Waals surface area contributed by atoms with Crippen molar-refractivity contribution in [1.29, 1.82) is 0 Å². The lowest BCUT2D eigenvalue weighted by atomic mass is 9.94. The number of rotatable bonds is 6. The van der Waals surface area contributed by atoms with Gasteiger partial charge in [0.2, 0.25) is 0 Å². The molecule has 1 fully saturated rings. The number of carbonyl (C=O) groups excluding carboxylic acids is 2. The van der Waals surface area contributed by atoms with Gasteiger partial charge in [-0.15, -0.1) is 0 Å². The fourth-order valence-corrected chi connectivity index (χ4v) is 4.10. The van der Waals surface area contributed by atoms with Gasteiger partial charge >= 0.3 is 0 Å². The number of benzene rings is 2. The van der Waals surface area contributed by atoms with E-state index in [0.717, 1.165) is 34.2 Å². The molecule has 1 saturated carbocycles. The summed E-state index contributed by atoms with van der Waals surface area (Å²) in [5.41, 5.74) is 0.814. The number of carbonyl (C=O) groups is 2. The number of fused-ring (bicyclic) bond motifs is 1. The number of anilines is 1. The van der Waals surface area contributed by atoms with Crippen molar-refractivity contribution in [3.05, 3.63) is 42.5 Å². The molecule has 150 valence electrons. The third-order valence-electron chi connectivity index (χ3n) is 6.08. The number of quaternary nitrogens is 1. The first kappa shape index (κ1) is 20.3. The largest absolute Gasteiger partial charge is 0.338 e. The number of hydrogen-bond donors (Lipinski definition) is 2. The highest BCUT2D eigenvalue weighted by Gasteiger charge is 2.30. The standard InChI is InChI=1S/C23H31N3O2/c1-17(23(28)26(3)19-12-5-4-6-13-19)25(2)16-22(27)24-21-15-9-11-18-10-7-8-14-20(18)21/h7-11,14-15,17,19H,4-6,12-13,16H2,1-3H3,(H,24,27)/p+1/t17-/m0/s1. The molecule has 5 heteroatoms. The van der Waals surface area contributed by atoms with Crippen LogP contribution in [0.15, 0.2) is 42.5 Å². The van der Waals surface area contributed by atoms with E-state index in [1.165, 1.54) is 19.3 Å². The third-order valence-corrected chi connectivity index (χ3v) is 6.08. The van der Waals surface area contributed by atoms with Crippen molar-refractivity contribution in [2.24, 2.45) is 0 Å². The Kier molecular flexibility index (Phi) is 6.68. The summed E-state index contributed by atoms with van der Waals surface area (Å²) in [7, 11) is 3.83. The van der Waals surface area contributed by atoms with Crippen molar-refractivity contribution in [2.45, 2.75) is 51.1 Å². The van der Waals surface area contributed by atoms with Gasteiger partial charge in [-0.25, -0.2) is 0 Å². The van der Waals surface area contributed by atoms with Crippen molar-refractivity contribution >= 4 is 28.3 Å². The molecular weight excluding hydrogens is 350 g/mol. The van der Waals surface area contributed by atoms with Crippen LogP contribution in [0.2, 0.25) is 0 Å². The van der Waals surface area contributed by atoms with E-state index in [4.69, 9.17) is 0 Å². The van der Waals surface area contributed by atoms with Crippen molar-refractivity contribution in [3.8, 4) is 0 Å². The van der Waals surface area contributed by atoms with E-state index < -0.39 is 0 Å². The molecule has 1 unspecified atom stereocenters. The lowest BCUT2D eigenvalue weighted by Gasteiger charge is -2.33. The Bertz CT molecular complexity index is 824. The number of nitrogens with zero attached hydrogens (tertiary/aromatic N) is 1. The smallest absolute Gasteiger partial charge is 0.280 e. The molecule has 0 heterocycles. The summed E-state index contributed by atoms with van der Waals surface area (Å²) in [5, 5.41) is 5.14. The third kappa shape index (κ3) is 4.71. The van der Waals surface area contributed by atoms with Gasteiger partial charge in [0.25, 0.3) is 11.8 Å². The first-order valence-electron chi connectivity index (χ1n) is 10.3. The van der Waals surface area contributed by atoms with Crippen molar-refractivity contribution in [2.75, 3.05) is 26.0 Å². The summed E-state index contributed by atoms with van der Waals surface area (Å²) >= 11 is 0. The van der Waals surface area contributed by atoms with Crippen LogP contribution < -0.4 is 10.2 Å². The Balaban J connectivity index is 1.59. The Morgan fingerprint density at radius 3 is 2.54 bits per heavy atom. The van der Waals surface area contributed by atoms with Crippen molar-refractivity contribution < 1.29 is 14.5 Å². The van der Waals surface area contributed by atoms with Crippen LogP contribution in [-0.4, -0.2) is 49.4 Å². The Morgan fingerprint density at radius 1 is 1.11 bits per heavy atom. The molecule has 2 atom stereocenters. The summed E-state index contributed by atoms with van der Waals surface area (Å²) in [4.78, 5) is 28.3. The molecule has 0 aromatic heterocycles. The van der Waals surface area contributed by atoms with Crippen molar-refractivity contribution in [1.82, 2.24) is 4.90 Å². The molecule has 3 rings (SSSR count). The van der Waals surface area contributed by atoms with Gasteiger partial charge in [-0.2, -0.15) is 0 Å². The predicted octanol–water partition coefficient (Wildman–Crippen LogP) is 2.47. The molecule has 2 amide bonds. The highest BCUT2D eigenvalue weighted by Crippen LogP contribution is 2.23. The molecule has 0 bridgehead atoms. The van der Waals surface area contributed by atoms with E-state index in [9.17, 15) is 9.59 Å². The minimum Gasteiger partial charge on any atom is -0.338 e. The van der Waals surface area contributed by atoms with E-state index in [-0.39, 0.29) is 24.4 Å².